The van der Waals surface area contributed by atoms with Gasteiger partial charge in [0.15, 0.2) is 0 Å². The van der Waals surface area contributed by atoms with Gasteiger partial charge in [0.2, 0.25) is 0 Å². The first kappa shape index (κ1) is 13.0. The molecule has 0 bridgehead atoms. The Kier molecular flexibility index (Phi) is 2.91. The zero-order chi connectivity index (χ0) is 13.7. The van der Waals surface area contributed by atoms with E-state index < -0.39 is 0 Å². The van der Waals surface area contributed by atoms with Gasteiger partial charge < -0.3 is 5.73 Å². The van der Waals surface area contributed by atoms with Crippen molar-refractivity contribution >= 4 is 0 Å². The van der Waals surface area contributed by atoms with Gasteiger partial charge in [0.05, 0.1) is 11.4 Å². The number of rotatable bonds is 0. The predicted molar refractivity (Wildman–Crippen MR) is 75.9 cm³/mol. The Bertz CT molecular complexity index is 469. The van der Waals surface area contributed by atoms with E-state index in [-0.39, 0.29) is 17.0 Å². The quantitative estimate of drug-likeness (QED) is 0.768. The number of aromatic nitrogens is 2. The van der Waals surface area contributed by atoms with Crippen LogP contribution >= 0.6 is 0 Å². The van der Waals surface area contributed by atoms with E-state index in [0.29, 0.717) is 0 Å². The Balaban J connectivity index is 1.87. The van der Waals surface area contributed by atoms with Crippen molar-refractivity contribution in [2.75, 3.05) is 13.1 Å². The van der Waals surface area contributed by atoms with Crippen LogP contribution in [0.2, 0.25) is 0 Å². The van der Waals surface area contributed by atoms with Gasteiger partial charge in [-0.05, 0) is 46.7 Å². The number of fused-ring (bicyclic) bond motifs is 2. The Hall–Kier alpha value is -1.00. The fraction of sp³-hybridized carbons (Fsp3) is 0.733. The molecule has 0 radical (unpaired) electrons. The van der Waals surface area contributed by atoms with Gasteiger partial charge in [0.25, 0.3) is 0 Å². The highest BCUT2D eigenvalue weighted by Gasteiger charge is 2.49. The standard InChI is InChI=1S/C15H24N4/c1-14(2,3)19-8-4-15(5-9-19)12(16)10-11-13(15)18-7-6-17-11/h6-7,12H,4-5,8-10,16H2,1-3H3/t12-/m1/s1. The molecular formula is C15H24N4. The maximum Gasteiger partial charge on any atom is 0.0697 e. The summed E-state index contributed by atoms with van der Waals surface area (Å²) in [6.45, 7) is 9.06. The molecule has 0 aromatic carbocycles. The summed E-state index contributed by atoms with van der Waals surface area (Å²) in [5.41, 5.74) is 9.07. The molecule has 0 saturated carbocycles. The van der Waals surface area contributed by atoms with Crippen LogP contribution in [-0.4, -0.2) is 39.5 Å². The van der Waals surface area contributed by atoms with E-state index in [1.807, 2.05) is 6.20 Å². The molecule has 1 aliphatic carbocycles. The molecule has 1 atom stereocenters. The topological polar surface area (TPSA) is 55.0 Å². The number of nitrogens with zero attached hydrogens (tertiary/aromatic N) is 3. The third kappa shape index (κ3) is 1.98. The molecule has 0 unspecified atom stereocenters. The van der Waals surface area contributed by atoms with Crippen LogP contribution in [0.25, 0.3) is 0 Å². The normalized spacial score (nSPS) is 26.6. The number of nitrogens with two attached hydrogens (primary N) is 1. The molecule has 1 fully saturated rings. The summed E-state index contributed by atoms with van der Waals surface area (Å²) < 4.78 is 0. The summed E-state index contributed by atoms with van der Waals surface area (Å²) in [6.07, 6.45) is 6.70. The Morgan fingerprint density at radius 3 is 2.47 bits per heavy atom. The van der Waals surface area contributed by atoms with Crippen molar-refractivity contribution in [3.05, 3.63) is 23.8 Å². The minimum atomic E-state index is 0.0747. The van der Waals surface area contributed by atoms with Crippen molar-refractivity contribution in [1.82, 2.24) is 14.9 Å². The van der Waals surface area contributed by atoms with Gasteiger partial charge in [0, 0.05) is 35.8 Å². The molecule has 4 heteroatoms. The summed E-state index contributed by atoms with van der Waals surface area (Å²) in [7, 11) is 0. The van der Waals surface area contributed by atoms with Gasteiger partial charge >= 0.3 is 0 Å². The molecule has 2 heterocycles. The monoisotopic (exact) mass is 260 g/mol. The van der Waals surface area contributed by atoms with Gasteiger partial charge in [0.1, 0.15) is 0 Å². The Morgan fingerprint density at radius 1 is 1.21 bits per heavy atom. The third-order valence-electron chi connectivity index (χ3n) is 4.97. The molecule has 3 rings (SSSR count). The Labute approximate surface area is 115 Å². The van der Waals surface area contributed by atoms with Crippen LogP contribution in [0.5, 0.6) is 0 Å². The van der Waals surface area contributed by atoms with Crippen LogP contribution in [0.1, 0.15) is 45.0 Å². The van der Waals surface area contributed by atoms with E-state index in [4.69, 9.17) is 5.73 Å². The first-order valence-corrected chi connectivity index (χ1v) is 7.24. The lowest BCUT2D eigenvalue weighted by Gasteiger charge is -2.46. The molecular weight excluding hydrogens is 236 g/mol. The van der Waals surface area contributed by atoms with E-state index in [1.165, 1.54) is 5.69 Å². The van der Waals surface area contributed by atoms with Gasteiger partial charge in [-0.3, -0.25) is 14.9 Å². The average molecular weight is 260 g/mol. The van der Waals surface area contributed by atoms with Crippen molar-refractivity contribution in [3.8, 4) is 0 Å². The molecule has 0 amide bonds. The highest BCUT2D eigenvalue weighted by atomic mass is 15.2. The maximum absolute atomic E-state index is 6.45. The first-order chi connectivity index (χ1) is 8.93. The number of likely N-dealkylation sites (tertiary alicyclic amines) is 1. The van der Waals surface area contributed by atoms with Crippen molar-refractivity contribution in [2.45, 2.75) is 57.0 Å². The molecule has 1 saturated heterocycles. The first-order valence-electron chi connectivity index (χ1n) is 7.24. The zero-order valence-corrected chi connectivity index (χ0v) is 12.2. The summed E-state index contributed by atoms with van der Waals surface area (Å²) in [5.74, 6) is 0. The van der Waals surface area contributed by atoms with E-state index >= 15 is 0 Å². The second-order valence-electron chi connectivity index (χ2n) is 6.98. The number of piperidine rings is 1. The third-order valence-corrected chi connectivity index (χ3v) is 4.97. The van der Waals surface area contributed by atoms with E-state index in [2.05, 4.69) is 35.6 Å². The van der Waals surface area contributed by atoms with Crippen LogP contribution in [0.15, 0.2) is 12.4 Å². The molecule has 1 aromatic rings. The fourth-order valence-corrected chi connectivity index (χ4v) is 3.70. The second-order valence-corrected chi connectivity index (χ2v) is 6.98. The number of hydrogen-bond acceptors (Lipinski definition) is 4. The van der Waals surface area contributed by atoms with Crippen LogP contribution < -0.4 is 5.73 Å². The zero-order valence-electron chi connectivity index (χ0n) is 12.2. The summed E-state index contributed by atoms with van der Waals surface area (Å²) in [5, 5.41) is 0. The van der Waals surface area contributed by atoms with E-state index in [0.717, 1.165) is 38.0 Å². The van der Waals surface area contributed by atoms with Gasteiger partial charge in [-0.15, -0.1) is 0 Å². The maximum atomic E-state index is 6.45. The summed E-state index contributed by atoms with van der Waals surface area (Å²) >= 11 is 0. The molecule has 1 aromatic heterocycles. The van der Waals surface area contributed by atoms with Crippen molar-refractivity contribution in [2.24, 2.45) is 5.73 Å². The molecule has 2 aliphatic rings. The summed E-state index contributed by atoms with van der Waals surface area (Å²) in [4.78, 5) is 11.6. The number of hydrogen-bond donors (Lipinski definition) is 1. The van der Waals surface area contributed by atoms with Crippen molar-refractivity contribution < 1.29 is 0 Å². The van der Waals surface area contributed by atoms with Crippen molar-refractivity contribution in [3.63, 3.8) is 0 Å². The smallest absolute Gasteiger partial charge is 0.0697 e. The Morgan fingerprint density at radius 2 is 1.84 bits per heavy atom. The predicted octanol–water partition coefficient (Wildman–Crippen LogP) is 1.49. The van der Waals surface area contributed by atoms with Crippen LogP contribution in [-0.2, 0) is 11.8 Å². The minimum absolute atomic E-state index is 0.0747. The molecule has 1 aliphatic heterocycles. The molecule has 19 heavy (non-hydrogen) atoms. The lowest BCUT2D eigenvalue weighted by molar-refractivity contribution is 0.0676. The SMILES string of the molecule is CC(C)(C)N1CCC2(CC1)c1nccnc1C[C@H]2N. The van der Waals surface area contributed by atoms with E-state index in [9.17, 15) is 0 Å². The highest BCUT2D eigenvalue weighted by molar-refractivity contribution is 5.33. The highest BCUT2D eigenvalue weighted by Crippen LogP contribution is 2.44. The van der Waals surface area contributed by atoms with Gasteiger partial charge in [-0.1, -0.05) is 0 Å². The molecule has 2 N–H and O–H groups in total. The van der Waals surface area contributed by atoms with Crippen LogP contribution in [0.4, 0.5) is 0 Å². The fourth-order valence-electron chi connectivity index (χ4n) is 3.70. The molecule has 1 spiro atoms. The van der Waals surface area contributed by atoms with Crippen molar-refractivity contribution in [1.29, 1.82) is 0 Å². The minimum Gasteiger partial charge on any atom is -0.326 e. The van der Waals surface area contributed by atoms with Gasteiger partial charge in [-0.2, -0.15) is 0 Å². The lowest BCUT2D eigenvalue weighted by atomic mass is 9.73. The average Bonchev–Trinajstić information content (AvgIpc) is 2.63. The second kappa shape index (κ2) is 4.25. The van der Waals surface area contributed by atoms with Gasteiger partial charge in [-0.25, -0.2) is 0 Å². The molecule has 4 nitrogen and oxygen atoms in total. The summed E-state index contributed by atoms with van der Waals surface area (Å²) in [6, 6.07) is 0.187. The lowest BCUT2D eigenvalue weighted by Crippen LogP contribution is -2.54. The van der Waals surface area contributed by atoms with Crippen LogP contribution in [0.3, 0.4) is 0 Å². The molecule has 104 valence electrons. The largest absolute Gasteiger partial charge is 0.326 e. The van der Waals surface area contributed by atoms with E-state index in [1.54, 1.807) is 6.20 Å². The van der Waals surface area contributed by atoms with Crippen LogP contribution in [0, 0.1) is 0 Å².